The molecule has 2 aliphatic heterocycles. The maximum absolute atomic E-state index is 6.21. The lowest BCUT2D eigenvalue weighted by atomic mass is 10.1. The first-order valence-electron chi connectivity index (χ1n) is 9.40. The molecule has 1 saturated heterocycles. The van der Waals surface area contributed by atoms with Gasteiger partial charge in [-0.25, -0.2) is 0 Å². The van der Waals surface area contributed by atoms with Crippen LogP contribution in [0, 0.1) is 0 Å². The molecule has 4 rings (SSSR count). The van der Waals surface area contributed by atoms with E-state index in [2.05, 4.69) is 53.1 Å². The van der Waals surface area contributed by atoms with E-state index in [-0.39, 0.29) is 0 Å². The Morgan fingerprint density at radius 2 is 1.60 bits per heavy atom. The quantitative estimate of drug-likeness (QED) is 0.805. The molecule has 0 bridgehead atoms. The summed E-state index contributed by atoms with van der Waals surface area (Å²) in [7, 11) is 0. The van der Waals surface area contributed by atoms with Gasteiger partial charge in [0, 0.05) is 43.0 Å². The zero-order valence-electron chi connectivity index (χ0n) is 14.9. The van der Waals surface area contributed by atoms with Gasteiger partial charge in [0.05, 0.1) is 0 Å². The number of piperazine rings is 1. The second kappa shape index (κ2) is 7.32. The molecule has 25 heavy (non-hydrogen) atoms. The number of hydrogen-bond donors (Lipinski definition) is 0. The molecule has 0 saturated carbocycles. The monoisotopic (exact) mass is 334 g/mol. The molecule has 3 nitrogen and oxygen atoms in total. The number of hydrogen-bond acceptors (Lipinski definition) is 3. The number of rotatable bonds is 4. The molecule has 0 aliphatic carbocycles. The summed E-state index contributed by atoms with van der Waals surface area (Å²) in [5, 5.41) is 0. The Kier molecular flexibility index (Phi) is 4.75. The fourth-order valence-electron chi connectivity index (χ4n) is 3.66. The predicted octanol–water partition coefficient (Wildman–Crippen LogP) is 4.71. The molecule has 0 aromatic heterocycles. The van der Waals surface area contributed by atoms with Gasteiger partial charge < -0.3 is 9.64 Å². The molecular formula is C22H26N2O. The highest BCUT2D eigenvalue weighted by Crippen LogP contribution is 2.39. The van der Waals surface area contributed by atoms with Crippen molar-refractivity contribution in [2.24, 2.45) is 0 Å². The lowest BCUT2D eigenvalue weighted by molar-refractivity contribution is 0.174. The molecule has 3 heteroatoms. The summed E-state index contributed by atoms with van der Waals surface area (Å²) in [6, 6.07) is 16.7. The van der Waals surface area contributed by atoms with Crippen LogP contribution in [0.2, 0.25) is 0 Å². The van der Waals surface area contributed by atoms with E-state index in [0.717, 1.165) is 43.2 Å². The molecular weight excluding hydrogens is 308 g/mol. The smallest absolute Gasteiger partial charge is 0.136 e. The van der Waals surface area contributed by atoms with E-state index < -0.39 is 0 Å². The largest absolute Gasteiger partial charge is 0.456 e. The number of para-hydroxylation sites is 2. The van der Waals surface area contributed by atoms with Gasteiger partial charge in [0.15, 0.2) is 0 Å². The zero-order valence-corrected chi connectivity index (χ0v) is 14.9. The summed E-state index contributed by atoms with van der Waals surface area (Å²) >= 11 is 0. The SMILES string of the molecule is CCCCN1CCN(C2=Cc3ccccc3Oc3ccccc32)CC1. The van der Waals surface area contributed by atoms with Crippen LogP contribution >= 0.6 is 0 Å². The van der Waals surface area contributed by atoms with E-state index in [1.807, 2.05) is 18.2 Å². The summed E-state index contributed by atoms with van der Waals surface area (Å²) in [5.41, 5.74) is 3.64. The van der Waals surface area contributed by atoms with Gasteiger partial charge in [0.1, 0.15) is 11.5 Å². The Morgan fingerprint density at radius 1 is 0.880 bits per heavy atom. The van der Waals surface area contributed by atoms with Crippen molar-refractivity contribution in [2.75, 3.05) is 32.7 Å². The van der Waals surface area contributed by atoms with E-state index in [0.29, 0.717) is 0 Å². The van der Waals surface area contributed by atoms with Crippen LogP contribution in [-0.2, 0) is 0 Å². The van der Waals surface area contributed by atoms with Crippen molar-refractivity contribution in [3.8, 4) is 11.5 Å². The second-order valence-corrected chi connectivity index (χ2v) is 6.85. The fourth-order valence-corrected chi connectivity index (χ4v) is 3.66. The van der Waals surface area contributed by atoms with Gasteiger partial charge in [-0.05, 0) is 37.2 Å². The van der Waals surface area contributed by atoms with Crippen molar-refractivity contribution in [3.63, 3.8) is 0 Å². The van der Waals surface area contributed by atoms with Crippen molar-refractivity contribution < 1.29 is 4.74 Å². The molecule has 2 heterocycles. The molecule has 130 valence electrons. The van der Waals surface area contributed by atoms with Gasteiger partial charge in [-0.15, -0.1) is 0 Å². The van der Waals surface area contributed by atoms with E-state index >= 15 is 0 Å². The Bertz CT molecular complexity index is 760. The van der Waals surface area contributed by atoms with E-state index in [4.69, 9.17) is 4.74 Å². The number of unbranched alkanes of at least 4 members (excludes halogenated alkanes) is 1. The first-order chi connectivity index (χ1) is 12.3. The minimum Gasteiger partial charge on any atom is -0.456 e. The van der Waals surface area contributed by atoms with Gasteiger partial charge in [-0.3, -0.25) is 4.90 Å². The minimum atomic E-state index is 0.937. The van der Waals surface area contributed by atoms with Gasteiger partial charge in [0.2, 0.25) is 0 Å². The van der Waals surface area contributed by atoms with E-state index in [1.54, 1.807) is 0 Å². The van der Waals surface area contributed by atoms with Crippen LogP contribution in [-0.4, -0.2) is 42.5 Å². The maximum Gasteiger partial charge on any atom is 0.136 e. The Balaban J connectivity index is 1.63. The van der Waals surface area contributed by atoms with Crippen molar-refractivity contribution in [2.45, 2.75) is 19.8 Å². The van der Waals surface area contributed by atoms with Crippen LogP contribution in [0.4, 0.5) is 0 Å². The summed E-state index contributed by atoms with van der Waals surface area (Å²) in [6.45, 7) is 7.93. The predicted molar refractivity (Wildman–Crippen MR) is 104 cm³/mol. The maximum atomic E-state index is 6.21. The molecule has 2 aromatic carbocycles. The second-order valence-electron chi connectivity index (χ2n) is 6.85. The molecule has 0 spiro atoms. The van der Waals surface area contributed by atoms with Crippen molar-refractivity contribution in [1.29, 1.82) is 0 Å². The highest BCUT2D eigenvalue weighted by Gasteiger charge is 2.23. The normalized spacial score (nSPS) is 17.2. The van der Waals surface area contributed by atoms with E-state index in [1.165, 1.54) is 30.6 Å². The molecule has 0 atom stereocenters. The molecule has 0 radical (unpaired) electrons. The molecule has 0 N–H and O–H groups in total. The van der Waals surface area contributed by atoms with Crippen LogP contribution in [0.5, 0.6) is 11.5 Å². The number of benzene rings is 2. The third kappa shape index (κ3) is 3.42. The molecule has 2 aliphatic rings. The average molecular weight is 334 g/mol. The first kappa shape index (κ1) is 16.2. The van der Waals surface area contributed by atoms with E-state index in [9.17, 15) is 0 Å². The van der Waals surface area contributed by atoms with Crippen LogP contribution in [0.1, 0.15) is 30.9 Å². The van der Waals surface area contributed by atoms with Gasteiger partial charge in [0.25, 0.3) is 0 Å². The Morgan fingerprint density at radius 3 is 2.40 bits per heavy atom. The van der Waals surface area contributed by atoms with Crippen LogP contribution in [0.3, 0.4) is 0 Å². The average Bonchev–Trinajstić information content (AvgIpc) is 2.83. The number of nitrogens with zero attached hydrogens (tertiary/aromatic N) is 2. The zero-order chi connectivity index (χ0) is 17.1. The molecule has 2 aromatic rings. The number of fused-ring (bicyclic) bond motifs is 2. The van der Waals surface area contributed by atoms with Gasteiger partial charge in [-0.1, -0.05) is 43.7 Å². The molecule has 1 fully saturated rings. The Labute approximate surface area is 150 Å². The minimum absolute atomic E-state index is 0.937. The lowest BCUT2D eigenvalue weighted by Gasteiger charge is -2.37. The third-order valence-electron chi connectivity index (χ3n) is 5.14. The summed E-state index contributed by atoms with van der Waals surface area (Å²) < 4.78 is 6.21. The fraction of sp³-hybridized carbons (Fsp3) is 0.364. The van der Waals surface area contributed by atoms with Crippen LogP contribution in [0.25, 0.3) is 11.8 Å². The van der Waals surface area contributed by atoms with Crippen molar-refractivity contribution >= 4 is 11.8 Å². The van der Waals surface area contributed by atoms with Crippen molar-refractivity contribution in [3.05, 3.63) is 59.7 Å². The summed E-state index contributed by atoms with van der Waals surface area (Å²) in [4.78, 5) is 5.11. The highest BCUT2D eigenvalue weighted by molar-refractivity contribution is 5.86. The van der Waals surface area contributed by atoms with Crippen molar-refractivity contribution in [1.82, 2.24) is 9.80 Å². The highest BCUT2D eigenvalue weighted by atomic mass is 16.5. The summed E-state index contributed by atoms with van der Waals surface area (Å²) in [5.74, 6) is 1.89. The molecule has 0 amide bonds. The lowest BCUT2D eigenvalue weighted by Crippen LogP contribution is -2.45. The summed E-state index contributed by atoms with van der Waals surface area (Å²) in [6.07, 6.45) is 4.86. The van der Waals surface area contributed by atoms with Crippen LogP contribution in [0.15, 0.2) is 48.5 Å². The molecule has 0 unspecified atom stereocenters. The number of ether oxygens (including phenoxy) is 1. The Hall–Kier alpha value is -2.26. The standard InChI is InChI=1S/C22H26N2O/c1-2-3-12-23-13-15-24(16-14-23)20-17-18-8-4-6-10-21(18)25-22-11-7-5-9-19(20)22/h4-11,17H,2-3,12-16H2,1H3. The van der Waals surface area contributed by atoms with Gasteiger partial charge in [-0.2, -0.15) is 0 Å². The topological polar surface area (TPSA) is 15.7 Å². The van der Waals surface area contributed by atoms with Gasteiger partial charge >= 0.3 is 0 Å². The third-order valence-corrected chi connectivity index (χ3v) is 5.14. The first-order valence-corrected chi connectivity index (χ1v) is 9.40. The van der Waals surface area contributed by atoms with Crippen LogP contribution < -0.4 is 4.74 Å².